The van der Waals surface area contributed by atoms with Crippen molar-refractivity contribution >= 4 is 23.2 Å². The molecule has 1 aliphatic heterocycles. The molecule has 1 aromatic carbocycles. The van der Waals surface area contributed by atoms with Crippen molar-refractivity contribution in [2.75, 3.05) is 6.61 Å². The van der Waals surface area contributed by atoms with E-state index in [1.807, 2.05) is 0 Å². The Bertz CT molecular complexity index is 815. The molecule has 7 heteroatoms. The fourth-order valence-electron chi connectivity index (χ4n) is 2.85. The van der Waals surface area contributed by atoms with Crippen LogP contribution in [0.1, 0.15) is 50.9 Å². The number of benzene rings is 1. The number of aryl methyl sites for hydroxylation is 2. The molecule has 1 unspecified atom stereocenters. The highest BCUT2D eigenvalue weighted by Crippen LogP contribution is 2.29. The van der Waals surface area contributed by atoms with Gasteiger partial charge in [-0.1, -0.05) is 13.0 Å². The number of carboxylic acid groups (broad SMARTS) is 1. The van der Waals surface area contributed by atoms with Crippen LogP contribution in [0.25, 0.3) is 0 Å². The number of ether oxygens (including phenoxy) is 1. The fraction of sp³-hybridized carbons (Fsp3) is 0.389. The van der Waals surface area contributed by atoms with Gasteiger partial charge in [-0.2, -0.15) is 0 Å². The van der Waals surface area contributed by atoms with Crippen LogP contribution in [0.2, 0.25) is 0 Å². The second-order valence-electron chi connectivity index (χ2n) is 5.98. The van der Waals surface area contributed by atoms with E-state index >= 15 is 0 Å². The second-order valence-corrected chi connectivity index (χ2v) is 7.07. The summed E-state index contributed by atoms with van der Waals surface area (Å²) in [7, 11) is 0. The summed E-state index contributed by atoms with van der Waals surface area (Å²) in [4.78, 5) is 29.1. The van der Waals surface area contributed by atoms with E-state index in [4.69, 9.17) is 4.74 Å². The van der Waals surface area contributed by atoms with Crippen molar-refractivity contribution in [2.45, 2.75) is 39.2 Å². The van der Waals surface area contributed by atoms with Crippen LogP contribution in [0, 0.1) is 6.92 Å². The van der Waals surface area contributed by atoms with Crippen molar-refractivity contribution in [1.29, 1.82) is 0 Å². The molecule has 1 amide bonds. The number of hydrogen-bond acceptors (Lipinski definition) is 5. The van der Waals surface area contributed by atoms with Crippen molar-refractivity contribution in [2.24, 2.45) is 0 Å². The van der Waals surface area contributed by atoms with Gasteiger partial charge in [-0.05, 0) is 43.0 Å². The van der Waals surface area contributed by atoms with Gasteiger partial charge >= 0.3 is 5.97 Å². The molecular weight excluding hydrogens is 340 g/mol. The van der Waals surface area contributed by atoms with Crippen LogP contribution in [-0.4, -0.2) is 28.6 Å². The summed E-state index contributed by atoms with van der Waals surface area (Å²) in [5.74, 6) is -0.716. The maximum Gasteiger partial charge on any atom is 0.330 e. The van der Waals surface area contributed by atoms with Gasteiger partial charge in [0.25, 0.3) is 5.91 Å². The summed E-state index contributed by atoms with van der Waals surface area (Å²) in [6.07, 6.45) is 2.51. The number of thiazole rings is 1. The van der Waals surface area contributed by atoms with Crippen LogP contribution in [0.3, 0.4) is 0 Å². The minimum atomic E-state index is -1.10. The molecule has 1 aliphatic rings. The zero-order chi connectivity index (χ0) is 18.0. The van der Waals surface area contributed by atoms with E-state index in [0.29, 0.717) is 22.7 Å². The number of carbonyl (C=O) groups is 2. The lowest BCUT2D eigenvalue weighted by molar-refractivity contribution is -0.139. The van der Waals surface area contributed by atoms with Gasteiger partial charge in [0.05, 0.1) is 17.3 Å². The number of aliphatic carboxylic acids is 1. The average Bonchev–Trinajstić information content (AvgIpc) is 3.18. The van der Waals surface area contributed by atoms with Crippen molar-refractivity contribution in [3.63, 3.8) is 0 Å². The van der Waals surface area contributed by atoms with Gasteiger partial charge < -0.3 is 15.2 Å². The topological polar surface area (TPSA) is 88.5 Å². The summed E-state index contributed by atoms with van der Waals surface area (Å²) in [6, 6.07) is 4.14. The first-order valence-corrected chi connectivity index (χ1v) is 9.06. The van der Waals surface area contributed by atoms with Gasteiger partial charge in [0.2, 0.25) is 0 Å². The zero-order valence-corrected chi connectivity index (χ0v) is 15.0. The number of nitrogens with zero attached hydrogens (tertiary/aromatic N) is 1. The van der Waals surface area contributed by atoms with Gasteiger partial charge in [0.15, 0.2) is 6.04 Å². The van der Waals surface area contributed by atoms with Crippen molar-refractivity contribution < 1.29 is 19.4 Å². The first-order chi connectivity index (χ1) is 12.0. The van der Waals surface area contributed by atoms with E-state index in [2.05, 4.69) is 17.2 Å². The van der Waals surface area contributed by atoms with Crippen LogP contribution in [-0.2, 0) is 17.6 Å². The zero-order valence-electron chi connectivity index (χ0n) is 14.2. The Morgan fingerprint density at radius 1 is 1.44 bits per heavy atom. The Kier molecular flexibility index (Phi) is 5.03. The number of rotatable bonds is 6. The number of fused-ring (bicyclic) bond motifs is 1. The lowest BCUT2D eigenvalue weighted by Crippen LogP contribution is -2.33. The van der Waals surface area contributed by atoms with Crippen LogP contribution < -0.4 is 10.1 Å². The van der Waals surface area contributed by atoms with Crippen LogP contribution >= 0.6 is 11.3 Å². The summed E-state index contributed by atoms with van der Waals surface area (Å²) in [5, 5.41) is 13.1. The third-order valence-electron chi connectivity index (χ3n) is 4.08. The smallest absolute Gasteiger partial charge is 0.330 e. The van der Waals surface area contributed by atoms with Crippen molar-refractivity contribution in [1.82, 2.24) is 10.3 Å². The molecule has 0 fully saturated rings. The highest BCUT2D eigenvalue weighted by molar-refractivity contribution is 7.13. The van der Waals surface area contributed by atoms with E-state index < -0.39 is 17.9 Å². The molecule has 0 aliphatic carbocycles. The van der Waals surface area contributed by atoms with E-state index in [1.165, 1.54) is 11.3 Å². The third-order valence-corrected chi connectivity index (χ3v) is 5.30. The number of carboxylic acids is 1. The van der Waals surface area contributed by atoms with Crippen LogP contribution in [0.5, 0.6) is 5.75 Å². The molecule has 132 valence electrons. The Balaban J connectivity index is 1.82. The number of carbonyl (C=O) groups excluding carboxylic acids is 1. The van der Waals surface area contributed by atoms with E-state index in [9.17, 15) is 14.7 Å². The van der Waals surface area contributed by atoms with E-state index in [0.717, 1.165) is 35.6 Å². The molecular formula is C18H20N2O4S. The molecule has 2 N–H and O–H groups in total. The maximum atomic E-state index is 12.6. The normalized spacial score (nSPS) is 13.8. The Morgan fingerprint density at radius 3 is 2.96 bits per heavy atom. The molecule has 6 nitrogen and oxygen atoms in total. The molecule has 2 aromatic rings. The summed E-state index contributed by atoms with van der Waals surface area (Å²) < 4.78 is 5.44. The van der Waals surface area contributed by atoms with E-state index in [-0.39, 0.29) is 0 Å². The minimum Gasteiger partial charge on any atom is -0.493 e. The SMILES string of the molecule is CCCc1nc(C)c(C(=O)NC(C(=O)O)c2ccc3c(c2)CCO3)s1. The molecule has 25 heavy (non-hydrogen) atoms. The Hall–Kier alpha value is -2.41. The summed E-state index contributed by atoms with van der Waals surface area (Å²) >= 11 is 1.33. The standard InChI is InChI=1S/C18H20N2O4S/c1-3-4-14-19-10(2)16(25-14)17(21)20-15(18(22)23)12-5-6-13-11(9-12)7-8-24-13/h5-6,9,15H,3-4,7-8H2,1-2H3,(H,20,21)(H,22,23). The van der Waals surface area contributed by atoms with Crippen molar-refractivity contribution in [3.05, 3.63) is 44.9 Å². The predicted octanol–water partition coefficient (Wildman–Crippen LogP) is 2.89. The Labute approximate surface area is 149 Å². The third kappa shape index (κ3) is 3.66. The number of aromatic nitrogens is 1. The van der Waals surface area contributed by atoms with Crippen LogP contribution in [0.4, 0.5) is 0 Å². The molecule has 0 saturated heterocycles. The minimum absolute atomic E-state index is 0.401. The lowest BCUT2D eigenvalue weighted by Gasteiger charge is -2.15. The number of nitrogens with one attached hydrogen (secondary N) is 1. The summed E-state index contributed by atoms with van der Waals surface area (Å²) in [5.41, 5.74) is 2.15. The molecule has 0 saturated carbocycles. The monoisotopic (exact) mass is 360 g/mol. The number of amides is 1. The lowest BCUT2D eigenvalue weighted by atomic mass is 10.0. The molecule has 0 radical (unpaired) electrons. The second kappa shape index (κ2) is 7.23. The fourth-order valence-corrected chi connectivity index (χ4v) is 3.92. The largest absolute Gasteiger partial charge is 0.493 e. The molecule has 0 bridgehead atoms. The first-order valence-electron chi connectivity index (χ1n) is 8.25. The molecule has 3 rings (SSSR count). The van der Waals surface area contributed by atoms with E-state index in [1.54, 1.807) is 25.1 Å². The summed E-state index contributed by atoms with van der Waals surface area (Å²) in [6.45, 7) is 4.42. The van der Waals surface area contributed by atoms with Gasteiger partial charge in [-0.15, -0.1) is 11.3 Å². The molecule has 1 atom stereocenters. The van der Waals surface area contributed by atoms with Crippen LogP contribution in [0.15, 0.2) is 18.2 Å². The average molecular weight is 360 g/mol. The quantitative estimate of drug-likeness (QED) is 0.827. The molecule has 1 aromatic heterocycles. The van der Waals surface area contributed by atoms with Gasteiger partial charge in [0, 0.05) is 6.42 Å². The first kappa shape index (κ1) is 17.4. The maximum absolute atomic E-state index is 12.6. The number of hydrogen-bond donors (Lipinski definition) is 2. The van der Waals surface area contributed by atoms with Gasteiger partial charge in [-0.3, -0.25) is 4.79 Å². The van der Waals surface area contributed by atoms with Gasteiger partial charge in [0.1, 0.15) is 10.6 Å². The van der Waals surface area contributed by atoms with Gasteiger partial charge in [-0.25, -0.2) is 9.78 Å². The predicted molar refractivity (Wildman–Crippen MR) is 94.3 cm³/mol. The highest BCUT2D eigenvalue weighted by Gasteiger charge is 2.26. The Morgan fingerprint density at radius 2 is 2.24 bits per heavy atom. The molecule has 2 heterocycles. The molecule has 0 spiro atoms. The van der Waals surface area contributed by atoms with Crippen molar-refractivity contribution in [3.8, 4) is 5.75 Å². The highest BCUT2D eigenvalue weighted by atomic mass is 32.1.